The minimum atomic E-state index is -0.949. The van der Waals surface area contributed by atoms with Gasteiger partial charge in [-0.25, -0.2) is 4.68 Å². The quantitative estimate of drug-likeness (QED) is 0.409. The van der Waals surface area contributed by atoms with E-state index in [-0.39, 0.29) is 0 Å². The molecule has 1 aromatic heterocycles. The van der Waals surface area contributed by atoms with Crippen molar-refractivity contribution in [2.24, 2.45) is 0 Å². The molecular weight excluding hydrogens is 386 g/mol. The van der Waals surface area contributed by atoms with Crippen molar-refractivity contribution in [1.82, 2.24) is 15.0 Å². The summed E-state index contributed by atoms with van der Waals surface area (Å²) in [5, 5.41) is 19.8. The molecule has 0 amide bonds. The average molecular weight is 407 g/mol. The third kappa shape index (κ3) is 3.91. The number of aromatic nitrogens is 3. The molecule has 4 aromatic carbocycles. The van der Waals surface area contributed by atoms with Crippen molar-refractivity contribution in [1.29, 1.82) is 0 Å². The molecule has 5 nitrogen and oxygen atoms in total. The van der Waals surface area contributed by atoms with Gasteiger partial charge in [0.15, 0.2) is 0 Å². The van der Waals surface area contributed by atoms with Gasteiger partial charge in [-0.05, 0) is 41.0 Å². The lowest BCUT2D eigenvalue weighted by Gasteiger charge is -2.25. The van der Waals surface area contributed by atoms with E-state index in [0.29, 0.717) is 5.75 Å². The third-order valence-corrected chi connectivity index (χ3v) is 5.25. The SMILES string of the molecule is OC(c1ccc(-c2ccccc2)cc1)C(Oc1ccccc1)n1nnc2ccccc21. The van der Waals surface area contributed by atoms with Crippen LogP contribution in [0.15, 0.2) is 109 Å². The van der Waals surface area contributed by atoms with Gasteiger partial charge in [-0.3, -0.25) is 0 Å². The topological polar surface area (TPSA) is 60.2 Å². The summed E-state index contributed by atoms with van der Waals surface area (Å²) in [5.74, 6) is 0.645. The summed E-state index contributed by atoms with van der Waals surface area (Å²) >= 11 is 0. The Bertz CT molecular complexity index is 1270. The number of rotatable bonds is 6. The van der Waals surface area contributed by atoms with Gasteiger partial charge in [0, 0.05) is 0 Å². The third-order valence-electron chi connectivity index (χ3n) is 5.25. The van der Waals surface area contributed by atoms with Gasteiger partial charge in [-0.15, -0.1) is 5.10 Å². The molecule has 1 N–H and O–H groups in total. The van der Waals surface area contributed by atoms with Crippen molar-refractivity contribution in [2.45, 2.75) is 12.3 Å². The van der Waals surface area contributed by atoms with Crippen LogP contribution in [-0.2, 0) is 0 Å². The Hall–Kier alpha value is -3.96. The molecule has 5 rings (SSSR count). The summed E-state index contributed by atoms with van der Waals surface area (Å²) in [6.45, 7) is 0. The van der Waals surface area contributed by atoms with Gasteiger partial charge in [-0.1, -0.05) is 90.1 Å². The van der Waals surface area contributed by atoms with Crippen LogP contribution in [0.2, 0.25) is 0 Å². The van der Waals surface area contributed by atoms with Crippen molar-refractivity contribution < 1.29 is 9.84 Å². The Labute approximate surface area is 180 Å². The number of hydrogen-bond acceptors (Lipinski definition) is 4. The Morgan fingerprint density at radius 1 is 0.677 bits per heavy atom. The molecule has 5 heteroatoms. The van der Waals surface area contributed by atoms with Crippen molar-refractivity contribution in [3.05, 3.63) is 115 Å². The molecule has 2 atom stereocenters. The molecular formula is C26H21N3O2. The van der Waals surface area contributed by atoms with Crippen LogP contribution in [0.25, 0.3) is 22.2 Å². The summed E-state index contributed by atoms with van der Waals surface area (Å²) in [6, 6.07) is 35.1. The van der Waals surface area contributed by atoms with Crippen LogP contribution in [0.5, 0.6) is 5.75 Å². The number of ether oxygens (including phenoxy) is 1. The predicted molar refractivity (Wildman–Crippen MR) is 120 cm³/mol. The predicted octanol–water partition coefficient (Wildman–Crippen LogP) is 5.41. The number of fused-ring (bicyclic) bond motifs is 1. The molecule has 0 bridgehead atoms. The molecule has 31 heavy (non-hydrogen) atoms. The van der Waals surface area contributed by atoms with E-state index < -0.39 is 12.3 Å². The van der Waals surface area contributed by atoms with Gasteiger partial charge in [0.25, 0.3) is 0 Å². The highest BCUT2D eigenvalue weighted by Gasteiger charge is 2.27. The average Bonchev–Trinajstić information content (AvgIpc) is 3.27. The normalized spacial score (nSPS) is 13.1. The summed E-state index contributed by atoms with van der Waals surface area (Å²) < 4.78 is 7.85. The van der Waals surface area contributed by atoms with E-state index >= 15 is 0 Å². The number of aliphatic hydroxyl groups is 1. The molecule has 5 aromatic rings. The van der Waals surface area contributed by atoms with Crippen LogP contribution in [0, 0.1) is 0 Å². The van der Waals surface area contributed by atoms with E-state index in [1.54, 1.807) is 4.68 Å². The van der Waals surface area contributed by atoms with E-state index in [9.17, 15) is 5.11 Å². The fourth-order valence-corrected chi connectivity index (χ4v) is 3.63. The number of hydrogen-bond donors (Lipinski definition) is 1. The molecule has 0 spiro atoms. The van der Waals surface area contributed by atoms with Gasteiger partial charge < -0.3 is 9.84 Å². The maximum Gasteiger partial charge on any atom is 0.223 e. The van der Waals surface area contributed by atoms with Crippen LogP contribution in [-0.4, -0.2) is 20.1 Å². The first-order valence-electron chi connectivity index (χ1n) is 10.1. The zero-order valence-corrected chi connectivity index (χ0v) is 16.7. The standard InChI is InChI=1S/C26H21N3O2/c30-25(21-17-15-20(16-18-21)19-9-3-1-4-10-19)26(31-22-11-5-2-6-12-22)29-24-14-8-7-13-23(24)27-28-29/h1-18,25-26,30H. The Balaban J connectivity index is 1.51. The molecule has 0 aliphatic carbocycles. The van der Waals surface area contributed by atoms with Gasteiger partial charge in [0.2, 0.25) is 6.23 Å². The van der Waals surface area contributed by atoms with Crippen molar-refractivity contribution >= 4 is 11.0 Å². The van der Waals surface area contributed by atoms with Crippen LogP contribution < -0.4 is 4.74 Å². The molecule has 152 valence electrons. The van der Waals surface area contributed by atoms with E-state index in [1.165, 1.54) is 0 Å². The zero-order valence-electron chi connectivity index (χ0n) is 16.7. The Morgan fingerprint density at radius 2 is 1.29 bits per heavy atom. The summed E-state index contributed by atoms with van der Waals surface area (Å²) in [5.41, 5.74) is 4.49. The minimum Gasteiger partial charge on any atom is -0.465 e. The first-order valence-corrected chi connectivity index (χ1v) is 10.1. The minimum absolute atomic E-state index is 0.645. The second-order valence-corrected chi connectivity index (χ2v) is 7.28. The fourth-order valence-electron chi connectivity index (χ4n) is 3.63. The van der Waals surface area contributed by atoms with Gasteiger partial charge in [-0.2, -0.15) is 0 Å². The zero-order chi connectivity index (χ0) is 21.0. The van der Waals surface area contributed by atoms with Crippen molar-refractivity contribution in [3.63, 3.8) is 0 Å². The number of benzene rings is 4. The van der Waals surface area contributed by atoms with E-state index in [0.717, 1.165) is 27.7 Å². The fraction of sp³-hybridized carbons (Fsp3) is 0.0769. The highest BCUT2D eigenvalue weighted by Crippen LogP contribution is 2.32. The summed E-state index contributed by atoms with van der Waals surface area (Å²) in [7, 11) is 0. The summed E-state index contributed by atoms with van der Waals surface area (Å²) in [4.78, 5) is 0. The van der Waals surface area contributed by atoms with Crippen LogP contribution in [0.1, 0.15) is 17.9 Å². The number of aliphatic hydroxyl groups excluding tert-OH is 1. The lowest BCUT2D eigenvalue weighted by atomic mass is 10.0. The molecule has 0 aliphatic rings. The number of nitrogens with zero attached hydrogens (tertiary/aromatic N) is 3. The molecule has 0 aliphatic heterocycles. The first kappa shape index (κ1) is 19.0. The monoisotopic (exact) mass is 407 g/mol. The molecule has 0 saturated carbocycles. The molecule has 2 unspecified atom stereocenters. The van der Waals surface area contributed by atoms with Crippen molar-refractivity contribution in [2.75, 3.05) is 0 Å². The second kappa shape index (κ2) is 8.42. The Kier molecular flexibility index (Phi) is 5.17. The molecule has 1 heterocycles. The maximum atomic E-state index is 11.3. The van der Waals surface area contributed by atoms with E-state index in [4.69, 9.17) is 4.74 Å². The second-order valence-electron chi connectivity index (χ2n) is 7.28. The molecule has 0 fully saturated rings. The van der Waals surface area contributed by atoms with E-state index in [2.05, 4.69) is 22.4 Å². The van der Waals surface area contributed by atoms with Gasteiger partial charge in [0.05, 0.1) is 5.52 Å². The highest BCUT2D eigenvalue weighted by atomic mass is 16.5. The Morgan fingerprint density at radius 3 is 2.03 bits per heavy atom. The first-order chi connectivity index (χ1) is 15.3. The van der Waals surface area contributed by atoms with Crippen LogP contribution in [0.3, 0.4) is 0 Å². The van der Waals surface area contributed by atoms with Gasteiger partial charge >= 0.3 is 0 Å². The van der Waals surface area contributed by atoms with E-state index in [1.807, 2.05) is 97.1 Å². The summed E-state index contributed by atoms with van der Waals surface area (Å²) in [6.07, 6.45) is -1.73. The maximum absolute atomic E-state index is 11.3. The smallest absolute Gasteiger partial charge is 0.223 e. The number of para-hydroxylation sites is 2. The molecule has 0 saturated heterocycles. The largest absolute Gasteiger partial charge is 0.465 e. The highest BCUT2D eigenvalue weighted by molar-refractivity contribution is 5.74. The molecule has 0 radical (unpaired) electrons. The van der Waals surface area contributed by atoms with Gasteiger partial charge in [0.1, 0.15) is 17.4 Å². The lowest BCUT2D eigenvalue weighted by molar-refractivity contribution is -0.0173. The van der Waals surface area contributed by atoms with Crippen LogP contribution >= 0.6 is 0 Å². The van der Waals surface area contributed by atoms with Crippen LogP contribution in [0.4, 0.5) is 0 Å². The van der Waals surface area contributed by atoms with Crippen molar-refractivity contribution in [3.8, 4) is 16.9 Å². The lowest BCUT2D eigenvalue weighted by Crippen LogP contribution is -2.24.